The van der Waals surface area contributed by atoms with Gasteiger partial charge in [0.1, 0.15) is 0 Å². The van der Waals surface area contributed by atoms with Crippen LogP contribution >= 0.6 is 24.0 Å². The SMILES string of the molecule is CCN(Cc1ccccc1Cl)C(=O)C1(C)CCCCN1.Cl. The van der Waals surface area contributed by atoms with Gasteiger partial charge in [-0.2, -0.15) is 0 Å². The lowest BCUT2D eigenvalue weighted by atomic mass is 9.89. The average molecular weight is 331 g/mol. The zero-order chi connectivity index (χ0) is 14.6. The molecule has 0 aromatic heterocycles. The third-order valence-corrected chi connectivity index (χ3v) is 4.45. The smallest absolute Gasteiger partial charge is 0.242 e. The molecule has 1 aliphatic rings. The van der Waals surface area contributed by atoms with E-state index in [0.717, 1.165) is 36.4 Å². The molecule has 0 bridgehead atoms. The van der Waals surface area contributed by atoms with Crippen LogP contribution in [-0.2, 0) is 11.3 Å². The maximum atomic E-state index is 12.8. The van der Waals surface area contributed by atoms with Gasteiger partial charge in [-0.1, -0.05) is 29.8 Å². The maximum Gasteiger partial charge on any atom is 0.242 e. The Bertz CT molecular complexity index is 473. The number of piperidine rings is 1. The Morgan fingerprint density at radius 3 is 2.67 bits per heavy atom. The summed E-state index contributed by atoms with van der Waals surface area (Å²) >= 11 is 6.20. The molecular weight excluding hydrogens is 307 g/mol. The number of likely N-dealkylation sites (N-methyl/N-ethyl adjacent to an activating group) is 1. The lowest BCUT2D eigenvalue weighted by molar-refractivity contribution is -0.139. The van der Waals surface area contributed by atoms with Crippen LogP contribution in [0.4, 0.5) is 0 Å². The van der Waals surface area contributed by atoms with Crippen molar-refractivity contribution in [3.05, 3.63) is 34.9 Å². The maximum absolute atomic E-state index is 12.8. The molecule has 1 N–H and O–H groups in total. The molecule has 1 aliphatic heterocycles. The largest absolute Gasteiger partial charge is 0.337 e. The number of rotatable bonds is 4. The van der Waals surface area contributed by atoms with E-state index in [-0.39, 0.29) is 18.3 Å². The molecule has 1 fully saturated rings. The second-order valence-corrected chi connectivity index (χ2v) is 6.03. The Morgan fingerprint density at radius 1 is 1.38 bits per heavy atom. The van der Waals surface area contributed by atoms with Gasteiger partial charge >= 0.3 is 0 Å². The second-order valence-electron chi connectivity index (χ2n) is 5.63. The first-order chi connectivity index (χ1) is 9.57. The highest BCUT2D eigenvalue weighted by molar-refractivity contribution is 6.31. The van der Waals surface area contributed by atoms with E-state index in [1.165, 1.54) is 0 Å². The molecule has 2 rings (SSSR count). The van der Waals surface area contributed by atoms with Gasteiger partial charge in [-0.25, -0.2) is 0 Å². The van der Waals surface area contributed by atoms with Gasteiger partial charge in [0, 0.05) is 18.1 Å². The van der Waals surface area contributed by atoms with Crippen molar-refractivity contribution in [3.63, 3.8) is 0 Å². The Morgan fingerprint density at radius 2 is 2.10 bits per heavy atom. The highest BCUT2D eigenvalue weighted by Crippen LogP contribution is 2.23. The van der Waals surface area contributed by atoms with Crippen LogP contribution < -0.4 is 5.32 Å². The summed E-state index contributed by atoms with van der Waals surface area (Å²) in [5.74, 6) is 0.180. The summed E-state index contributed by atoms with van der Waals surface area (Å²) in [5, 5.41) is 4.11. The summed E-state index contributed by atoms with van der Waals surface area (Å²) in [6.45, 7) is 6.23. The first-order valence-electron chi connectivity index (χ1n) is 7.34. The number of benzene rings is 1. The quantitative estimate of drug-likeness (QED) is 0.913. The van der Waals surface area contributed by atoms with Crippen molar-refractivity contribution < 1.29 is 4.79 Å². The van der Waals surface area contributed by atoms with Gasteiger partial charge in [0.25, 0.3) is 0 Å². The second kappa shape index (κ2) is 8.02. The molecule has 1 unspecified atom stereocenters. The summed E-state index contributed by atoms with van der Waals surface area (Å²) < 4.78 is 0. The summed E-state index contributed by atoms with van der Waals surface area (Å²) in [6, 6.07) is 7.72. The normalized spacial score (nSPS) is 21.5. The monoisotopic (exact) mass is 330 g/mol. The number of nitrogens with zero attached hydrogens (tertiary/aromatic N) is 1. The first-order valence-corrected chi connectivity index (χ1v) is 7.72. The molecule has 1 amide bonds. The van der Waals surface area contributed by atoms with Crippen LogP contribution in [0.1, 0.15) is 38.7 Å². The van der Waals surface area contributed by atoms with Crippen molar-refractivity contribution in [2.45, 2.75) is 45.2 Å². The Balaban J connectivity index is 0.00000220. The van der Waals surface area contributed by atoms with Crippen LogP contribution in [0.25, 0.3) is 0 Å². The molecule has 1 heterocycles. The van der Waals surface area contributed by atoms with E-state index in [4.69, 9.17) is 11.6 Å². The van der Waals surface area contributed by atoms with Gasteiger partial charge in [0.2, 0.25) is 5.91 Å². The van der Waals surface area contributed by atoms with E-state index in [0.29, 0.717) is 13.1 Å². The van der Waals surface area contributed by atoms with Gasteiger partial charge in [0.05, 0.1) is 5.54 Å². The fourth-order valence-electron chi connectivity index (χ4n) is 2.75. The molecule has 1 aromatic carbocycles. The highest BCUT2D eigenvalue weighted by Gasteiger charge is 2.37. The summed E-state index contributed by atoms with van der Waals surface area (Å²) in [7, 11) is 0. The van der Waals surface area contributed by atoms with E-state index in [1.807, 2.05) is 43.0 Å². The number of carbonyl (C=O) groups excluding carboxylic acids is 1. The van der Waals surface area contributed by atoms with Crippen LogP contribution in [-0.4, -0.2) is 29.4 Å². The third kappa shape index (κ3) is 4.35. The zero-order valence-corrected chi connectivity index (χ0v) is 14.3. The molecule has 0 saturated carbocycles. The molecule has 0 radical (unpaired) electrons. The summed E-state index contributed by atoms with van der Waals surface area (Å²) in [6.07, 6.45) is 3.17. The third-order valence-electron chi connectivity index (χ3n) is 4.08. The Hall–Kier alpha value is -0.770. The minimum Gasteiger partial charge on any atom is -0.337 e. The van der Waals surface area contributed by atoms with Crippen LogP contribution in [0.2, 0.25) is 5.02 Å². The highest BCUT2D eigenvalue weighted by atomic mass is 35.5. The van der Waals surface area contributed by atoms with Gasteiger partial charge < -0.3 is 10.2 Å². The number of hydrogen-bond acceptors (Lipinski definition) is 2. The predicted molar refractivity (Wildman–Crippen MR) is 90.0 cm³/mol. The average Bonchev–Trinajstić information content (AvgIpc) is 2.46. The molecular formula is C16H24Cl2N2O. The first kappa shape index (κ1) is 18.3. The molecule has 1 atom stereocenters. The van der Waals surface area contributed by atoms with Crippen LogP contribution in [0.5, 0.6) is 0 Å². The minimum absolute atomic E-state index is 0. The van der Waals surface area contributed by atoms with Gasteiger partial charge in [0.15, 0.2) is 0 Å². The molecule has 0 spiro atoms. The molecule has 21 heavy (non-hydrogen) atoms. The predicted octanol–water partition coefficient (Wildman–Crippen LogP) is 3.64. The fourth-order valence-corrected chi connectivity index (χ4v) is 2.94. The van der Waals surface area contributed by atoms with E-state index >= 15 is 0 Å². The molecule has 1 saturated heterocycles. The van der Waals surface area contributed by atoms with E-state index in [9.17, 15) is 4.79 Å². The number of hydrogen-bond donors (Lipinski definition) is 1. The van der Waals surface area contributed by atoms with Crippen molar-refractivity contribution in [3.8, 4) is 0 Å². The van der Waals surface area contributed by atoms with E-state index in [2.05, 4.69) is 5.32 Å². The van der Waals surface area contributed by atoms with Gasteiger partial charge in [-0.05, 0) is 51.3 Å². The zero-order valence-electron chi connectivity index (χ0n) is 12.7. The fraction of sp³-hybridized carbons (Fsp3) is 0.562. The summed E-state index contributed by atoms with van der Waals surface area (Å²) in [4.78, 5) is 14.7. The van der Waals surface area contributed by atoms with Gasteiger partial charge in [-0.3, -0.25) is 4.79 Å². The van der Waals surface area contributed by atoms with E-state index < -0.39 is 5.54 Å². The van der Waals surface area contributed by atoms with E-state index in [1.54, 1.807) is 0 Å². The van der Waals surface area contributed by atoms with Crippen molar-refractivity contribution >= 4 is 29.9 Å². The van der Waals surface area contributed by atoms with Crippen molar-refractivity contribution in [2.75, 3.05) is 13.1 Å². The van der Waals surface area contributed by atoms with Crippen molar-refractivity contribution in [2.24, 2.45) is 0 Å². The molecule has 0 aliphatic carbocycles. The number of halogens is 2. The van der Waals surface area contributed by atoms with Crippen LogP contribution in [0.3, 0.4) is 0 Å². The number of nitrogens with one attached hydrogen (secondary N) is 1. The summed E-state index contributed by atoms with van der Waals surface area (Å²) in [5.41, 5.74) is 0.582. The lowest BCUT2D eigenvalue weighted by Gasteiger charge is -2.37. The van der Waals surface area contributed by atoms with Crippen molar-refractivity contribution in [1.29, 1.82) is 0 Å². The molecule has 3 nitrogen and oxygen atoms in total. The van der Waals surface area contributed by atoms with Crippen molar-refractivity contribution in [1.82, 2.24) is 10.2 Å². The minimum atomic E-state index is -0.421. The lowest BCUT2D eigenvalue weighted by Crippen LogP contribution is -2.57. The molecule has 1 aromatic rings. The van der Waals surface area contributed by atoms with Crippen LogP contribution in [0.15, 0.2) is 24.3 Å². The molecule has 5 heteroatoms. The van der Waals surface area contributed by atoms with Crippen LogP contribution in [0, 0.1) is 0 Å². The van der Waals surface area contributed by atoms with Gasteiger partial charge in [-0.15, -0.1) is 12.4 Å². The number of carbonyl (C=O) groups is 1. The number of amides is 1. The Kier molecular flexibility index (Phi) is 6.98. The topological polar surface area (TPSA) is 32.3 Å². The standard InChI is InChI=1S/C16H23ClN2O.ClH/c1-3-19(12-13-8-4-5-9-14(13)17)15(20)16(2)10-6-7-11-18-16;/h4-5,8-9,18H,3,6-7,10-12H2,1-2H3;1H. The molecule has 118 valence electrons. The Labute approximate surface area is 138 Å².